The lowest BCUT2D eigenvalue weighted by Gasteiger charge is -2.38. The Morgan fingerprint density at radius 3 is 2.44 bits per heavy atom. The molecule has 6 heteroatoms. The SMILES string of the molecule is CN1CCN(C(CNC(=O)N2CCOCC2)Cc2ccccc2)CC1. The van der Waals surface area contributed by atoms with Gasteiger partial charge in [-0.1, -0.05) is 30.3 Å². The fourth-order valence-corrected chi connectivity index (χ4v) is 3.49. The first-order valence-corrected chi connectivity index (χ1v) is 9.29. The minimum atomic E-state index is 0.0375. The minimum Gasteiger partial charge on any atom is -0.378 e. The Bertz CT molecular complexity index is 525. The smallest absolute Gasteiger partial charge is 0.317 e. The minimum absolute atomic E-state index is 0.0375. The Morgan fingerprint density at radius 2 is 1.76 bits per heavy atom. The first-order valence-electron chi connectivity index (χ1n) is 9.29. The number of hydrogen-bond donors (Lipinski definition) is 1. The van der Waals surface area contributed by atoms with Crippen molar-refractivity contribution in [3.8, 4) is 0 Å². The van der Waals surface area contributed by atoms with E-state index in [9.17, 15) is 4.79 Å². The maximum atomic E-state index is 12.4. The molecular weight excluding hydrogens is 316 g/mol. The van der Waals surface area contributed by atoms with E-state index in [1.54, 1.807) is 0 Å². The quantitative estimate of drug-likeness (QED) is 0.860. The number of benzene rings is 1. The second kappa shape index (κ2) is 9.17. The van der Waals surface area contributed by atoms with Crippen LogP contribution in [0.15, 0.2) is 30.3 Å². The molecule has 0 aromatic heterocycles. The van der Waals surface area contributed by atoms with Gasteiger partial charge in [0.1, 0.15) is 0 Å². The van der Waals surface area contributed by atoms with Crippen molar-refractivity contribution in [2.75, 3.05) is 66.1 Å². The number of urea groups is 1. The molecule has 138 valence electrons. The van der Waals surface area contributed by atoms with Gasteiger partial charge in [-0.15, -0.1) is 0 Å². The van der Waals surface area contributed by atoms with Gasteiger partial charge in [0.25, 0.3) is 0 Å². The van der Waals surface area contributed by atoms with Crippen LogP contribution in [0.5, 0.6) is 0 Å². The summed E-state index contributed by atoms with van der Waals surface area (Å²) in [4.78, 5) is 19.2. The molecule has 25 heavy (non-hydrogen) atoms. The van der Waals surface area contributed by atoms with Crippen molar-refractivity contribution in [2.45, 2.75) is 12.5 Å². The normalized spacial score (nSPS) is 21.1. The summed E-state index contributed by atoms with van der Waals surface area (Å²) in [7, 11) is 2.17. The highest BCUT2D eigenvalue weighted by Crippen LogP contribution is 2.12. The summed E-state index contributed by atoms with van der Waals surface area (Å²) in [5, 5.41) is 3.16. The van der Waals surface area contributed by atoms with Gasteiger partial charge in [-0.3, -0.25) is 4.90 Å². The van der Waals surface area contributed by atoms with E-state index >= 15 is 0 Å². The van der Waals surface area contributed by atoms with Gasteiger partial charge in [0.15, 0.2) is 0 Å². The second-order valence-corrected chi connectivity index (χ2v) is 6.97. The average Bonchev–Trinajstić information content (AvgIpc) is 2.67. The topological polar surface area (TPSA) is 48.0 Å². The number of amides is 2. The first-order chi connectivity index (χ1) is 12.2. The van der Waals surface area contributed by atoms with Crippen molar-refractivity contribution in [3.05, 3.63) is 35.9 Å². The van der Waals surface area contributed by atoms with Crippen LogP contribution in [0.2, 0.25) is 0 Å². The molecule has 1 atom stereocenters. The highest BCUT2D eigenvalue weighted by Gasteiger charge is 2.24. The fourth-order valence-electron chi connectivity index (χ4n) is 3.49. The lowest BCUT2D eigenvalue weighted by atomic mass is 10.0. The van der Waals surface area contributed by atoms with Crippen LogP contribution in [0, 0.1) is 0 Å². The summed E-state index contributed by atoms with van der Waals surface area (Å²) < 4.78 is 5.33. The van der Waals surface area contributed by atoms with Crippen LogP contribution in [0.25, 0.3) is 0 Å². The average molecular weight is 346 g/mol. The van der Waals surface area contributed by atoms with Gasteiger partial charge < -0.3 is 19.9 Å². The van der Waals surface area contributed by atoms with Crippen molar-refractivity contribution in [2.24, 2.45) is 0 Å². The number of rotatable bonds is 5. The Kier molecular flexibility index (Phi) is 6.67. The second-order valence-electron chi connectivity index (χ2n) is 6.97. The van der Waals surface area contributed by atoms with Crippen molar-refractivity contribution >= 4 is 6.03 Å². The predicted molar refractivity (Wildman–Crippen MR) is 98.8 cm³/mol. The zero-order valence-electron chi connectivity index (χ0n) is 15.2. The molecule has 6 nitrogen and oxygen atoms in total. The molecule has 1 unspecified atom stereocenters. The van der Waals surface area contributed by atoms with Crippen LogP contribution >= 0.6 is 0 Å². The van der Waals surface area contributed by atoms with E-state index in [1.807, 2.05) is 4.90 Å². The van der Waals surface area contributed by atoms with Gasteiger partial charge >= 0.3 is 6.03 Å². The van der Waals surface area contributed by atoms with Crippen LogP contribution in [-0.4, -0.2) is 92.8 Å². The van der Waals surface area contributed by atoms with E-state index in [4.69, 9.17) is 4.74 Å². The molecule has 0 saturated carbocycles. The van der Waals surface area contributed by atoms with E-state index in [1.165, 1.54) is 5.56 Å². The molecule has 2 heterocycles. The van der Waals surface area contributed by atoms with E-state index in [-0.39, 0.29) is 6.03 Å². The zero-order chi connectivity index (χ0) is 17.5. The summed E-state index contributed by atoms with van der Waals surface area (Å²) in [5.41, 5.74) is 1.33. The van der Waals surface area contributed by atoms with Crippen LogP contribution in [0.3, 0.4) is 0 Å². The van der Waals surface area contributed by atoms with Crippen LogP contribution in [0.4, 0.5) is 4.79 Å². The standard InChI is InChI=1S/C19H30N4O2/c1-21-7-9-22(10-8-21)18(15-17-5-3-2-4-6-17)16-20-19(24)23-11-13-25-14-12-23/h2-6,18H,7-16H2,1H3,(H,20,24). The Morgan fingerprint density at radius 1 is 1.08 bits per heavy atom. The summed E-state index contributed by atoms with van der Waals surface area (Å²) >= 11 is 0. The van der Waals surface area contributed by atoms with E-state index in [0.717, 1.165) is 32.6 Å². The van der Waals surface area contributed by atoms with Gasteiger partial charge in [0.2, 0.25) is 0 Å². The number of morpholine rings is 1. The predicted octanol–water partition coefficient (Wildman–Crippen LogP) is 0.887. The molecule has 0 radical (unpaired) electrons. The third-order valence-electron chi connectivity index (χ3n) is 5.16. The van der Waals surface area contributed by atoms with Gasteiger partial charge in [-0.25, -0.2) is 4.79 Å². The van der Waals surface area contributed by atoms with Gasteiger partial charge in [0, 0.05) is 51.9 Å². The monoisotopic (exact) mass is 346 g/mol. The van der Waals surface area contributed by atoms with Gasteiger partial charge in [-0.05, 0) is 19.0 Å². The Labute approximate surface area is 150 Å². The van der Waals surface area contributed by atoms with Crippen LogP contribution < -0.4 is 5.32 Å². The molecule has 1 aromatic carbocycles. The number of nitrogens with zero attached hydrogens (tertiary/aromatic N) is 3. The molecule has 2 aliphatic rings. The molecule has 3 rings (SSSR count). The molecule has 1 N–H and O–H groups in total. The lowest BCUT2D eigenvalue weighted by Crippen LogP contribution is -2.55. The van der Waals surface area contributed by atoms with Crippen molar-refractivity contribution in [1.82, 2.24) is 20.0 Å². The third kappa shape index (κ3) is 5.42. The number of piperazine rings is 1. The highest BCUT2D eigenvalue weighted by molar-refractivity contribution is 5.74. The number of hydrogen-bond acceptors (Lipinski definition) is 4. The molecule has 2 amide bonds. The van der Waals surface area contributed by atoms with E-state index in [0.29, 0.717) is 38.9 Å². The summed E-state index contributed by atoms with van der Waals surface area (Å²) in [5.74, 6) is 0. The fraction of sp³-hybridized carbons (Fsp3) is 0.632. The van der Waals surface area contributed by atoms with E-state index in [2.05, 4.69) is 52.5 Å². The zero-order valence-corrected chi connectivity index (χ0v) is 15.2. The van der Waals surface area contributed by atoms with Crippen molar-refractivity contribution in [3.63, 3.8) is 0 Å². The van der Waals surface area contributed by atoms with Crippen LogP contribution in [-0.2, 0) is 11.2 Å². The maximum absolute atomic E-state index is 12.4. The summed E-state index contributed by atoms with van der Waals surface area (Å²) in [6.07, 6.45) is 0.966. The number of nitrogens with one attached hydrogen (secondary N) is 1. The molecule has 1 aromatic rings. The molecule has 2 aliphatic heterocycles. The van der Waals surface area contributed by atoms with Crippen LogP contribution in [0.1, 0.15) is 5.56 Å². The van der Waals surface area contributed by atoms with Crippen molar-refractivity contribution in [1.29, 1.82) is 0 Å². The molecular formula is C19H30N4O2. The highest BCUT2D eigenvalue weighted by atomic mass is 16.5. The Balaban J connectivity index is 1.58. The number of ether oxygens (including phenoxy) is 1. The molecule has 2 saturated heterocycles. The number of carbonyl (C=O) groups is 1. The summed E-state index contributed by atoms with van der Waals surface area (Å²) in [6.45, 7) is 7.62. The van der Waals surface area contributed by atoms with Gasteiger partial charge in [0.05, 0.1) is 13.2 Å². The molecule has 0 spiro atoms. The van der Waals surface area contributed by atoms with E-state index < -0.39 is 0 Å². The molecule has 2 fully saturated rings. The third-order valence-corrected chi connectivity index (χ3v) is 5.16. The first kappa shape index (κ1) is 18.2. The Hall–Kier alpha value is -1.63. The molecule has 0 aliphatic carbocycles. The molecule has 0 bridgehead atoms. The maximum Gasteiger partial charge on any atom is 0.317 e. The number of likely N-dealkylation sites (N-methyl/N-ethyl adjacent to an activating group) is 1. The summed E-state index contributed by atoms with van der Waals surface area (Å²) in [6, 6.07) is 10.9. The van der Waals surface area contributed by atoms with Crippen molar-refractivity contribution < 1.29 is 9.53 Å². The van der Waals surface area contributed by atoms with Gasteiger partial charge in [-0.2, -0.15) is 0 Å². The lowest BCUT2D eigenvalue weighted by molar-refractivity contribution is 0.0520. The number of carbonyl (C=O) groups excluding carboxylic acids is 1. The largest absolute Gasteiger partial charge is 0.378 e.